The molecule has 0 spiro atoms. The molecule has 2 amide bonds. The lowest BCUT2D eigenvalue weighted by atomic mass is 10.2. The summed E-state index contributed by atoms with van der Waals surface area (Å²) in [5, 5.41) is 6.64. The summed E-state index contributed by atoms with van der Waals surface area (Å²) >= 11 is 3.34. The van der Waals surface area contributed by atoms with Gasteiger partial charge in [-0.15, -0.1) is 0 Å². The number of aryl methyl sites for hydroxylation is 1. The zero-order valence-corrected chi connectivity index (χ0v) is 24.4. The van der Waals surface area contributed by atoms with E-state index in [1.54, 1.807) is 72.8 Å². The number of halogens is 1. The second-order valence-corrected chi connectivity index (χ2v) is 11.6. The smallest absolute Gasteiger partial charge is 0.264 e. The molecule has 0 atom stereocenters. The number of amides is 2. The van der Waals surface area contributed by atoms with Gasteiger partial charge >= 0.3 is 0 Å². The molecule has 4 rings (SSSR count). The molecule has 4 aromatic rings. The van der Waals surface area contributed by atoms with Crippen LogP contribution in [0.4, 0.5) is 5.69 Å². The molecule has 1 aromatic heterocycles. The van der Waals surface area contributed by atoms with Crippen molar-refractivity contribution < 1.29 is 27.2 Å². The highest BCUT2D eigenvalue weighted by molar-refractivity contribution is 9.10. The number of furan rings is 1. The number of rotatable bonds is 12. The molecule has 0 saturated carbocycles. The van der Waals surface area contributed by atoms with Gasteiger partial charge in [0.2, 0.25) is 0 Å². The number of carbonyl (C=O) groups is 2. The third-order valence-electron chi connectivity index (χ3n) is 5.70. The molecule has 41 heavy (non-hydrogen) atoms. The first-order valence-corrected chi connectivity index (χ1v) is 14.6. The van der Waals surface area contributed by atoms with Crippen molar-refractivity contribution in [2.45, 2.75) is 18.4 Å². The summed E-state index contributed by atoms with van der Waals surface area (Å²) in [5.74, 6) is 0.200. The maximum atomic E-state index is 13.4. The van der Waals surface area contributed by atoms with Gasteiger partial charge in [0.15, 0.2) is 6.61 Å². The van der Waals surface area contributed by atoms with Crippen LogP contribution in [0.3, 0.4) is 0 Å². The largest absolute Gasteiger partial charge is 0.484 e. The van der Waals surface area contributed by atoms with Gasteiger partial charge in [0, 0.05) is 4.47 Å². The Morgan fingerprint density at radius 2 is 1.68 bits per heavy atom. The number of hydrogen-bond donors (Lipinski definition) is 2. The molecule has 0 aliphatic heterocycles. The van der Waals surface area contributed by atoms with Gasteiger partial charge < -0.3 is 14.5 Å². The highest BCUT2D eigenvalue weighted by Crippen LogP contribution is 2.25. The molecule has 0 bridgehead atoms. The number of benzene rings is 3. The van der Waals surface area contributed by atoms with Gasteiger partial charge in [0.25, 0.3) is 21.8 Å². The number of nitrogens with zero attached hydrogens (tertiary/aromatic N) is 2. The summed E-state index contributed by atoms with van der Waals surface area (Å²) in [6.07, 6.45) is 2.94. The minimum Gasteiger partial charge on any atom is -0.484 e. The van der Waals surface area contributed by atoms with Crippen LogP contribution >= 0.6 is 15.9 Å². The second kappa shape index (κ2) is 13.8. The molecule has 2 N–H and O–H groups in total. The molecule has 0 unspecified atom stereocenters. The predicted octanol–water partition coefficient (Wildman–Crippen LogP) is 4.39. The van der Waals surface area contributed by atoms with E-state index in [0.29, 0.717) is 22.8 Å². The fourth-order valence-corrected chi connectivity index (χ4v) is 5.24. The van der Waals surface area contributed by atoms with Gasteiger partial charge in [-0.25, -0.2) is 13.8 Å². The van der Waals surface area contributed by atoms with E-state index in [4.69, 9.17) is 9.15 Å². The van der Waals surface area contributed by atoms with Crippen LogP contribution in [0.5, 0.6) is 5.75 Å². The van der Waals surface area contributed by atoms with Gasteiger partial charge in [0.1, 0.15) is 18.1 Å². The Balaban J connectivity index is 1.33. The number of hydrazone groups is 1. The second-order valence-electron chi connectivity index (χ2n) is 8.81. The lowest BCUT2D eigenvalue weighted by Crippen LogP contribution is -2.39. The summed E-state index contributed by atoms with van der Waals surface area (Å²) in [6.45, 7) is 1.49. The molecule has 12 heteroatoms. The average Bonchev–Trinajstić information content (AvgIpc) is 3.49. The molecule has 1 heterocycles. The van der Waals surface area contributed by atoms with Crippen LogP contribution in [0.1, 0.15) is 16.9 Å². The lowest BCUT2D eigenvalue weighted by Gasteiger charge is -2.23. The SMILES string of the molecule is Cc1ccc(S(=O)(=O)N(CC(=O)NN=Cc2ccc(OCC(=O)NCc3ccco3)cc2)c2ccc(Br)cc2)cc1. The van der Waals surface area contributed by atoms with Crippen LogP contribution in [0.2, 0.25) is 0 Å². The van der Waals surface area contributed by atoms with E-state index < -0.39 is 22.5 Å². The van der Waals surface area contributed by atoms with E-state index in [2.05, 4.69) is 31.8 Å². The maximum Gasteiger partial charge on any atom is 0.264 e. The first-order chi connectivity index (χ1) is 19.7. The average molecular weight is 640 g/mol. The van der Waals surface area contributed by atoms with Gasteiger partial charge in [-0.3, -0.25) is 13.9 Å². The number of carbonyl (C=O) groups excluding carboxylic acids is 2. The number of nitrogens with one attached hydrogen (secondary N) is 2. The monoisotopic (exact) mass is 638 g/mol. The van der Waals surface area contributed by atoms with Crippen LogP contribution in [-0.4, -0.2) is 39.6 Å². The van der Waals surface area contributed by atoms with E-state index in [-0.39, 0.29) is 24.0 Å². The van der Waals surface area contributed by atoms with Crippen molar-refractivity contribution in [3.63, 3.8) is 0 Å². The summed E-state index contributed by atoms with van der Waals surface area (Å²) in [6, 6.07) is 23.2. The third kappa shape index (κ3) is 8.53. The quantitative estimate of drug-likeness (QED) is 0.175. The van der Waals surface area contributed by atoms with E-state index in [1.165, 1.54) is 24.6 Å². The van der Waals surface area contributed by atoms with Crippen molar-refractivity contribution >= 4 is 49.7 Å². The van der Waals surface area contributed by atoms with E-state index in [1.807, 2.05) is 6.92 Å². The third-order valence-corrected chi connectivity index (χ3v) is 8.02. The van der Waals surface area contributed by atoms with Gasteiger partial charge in [-0.05, 0) is 85.3 Å². The predicted molar refractivity (Wildman–Crippen MR) is 158 cm³/mol. The van der Waals surface area contributed by atoms with Crippen molar-refractivity contribution in [3.05, 3.63) is 113 Å². The Hall–Kier alpha value is -4.42. The first kappa shape index (κ1) is 29.6. The zero-order valence-electron chi connectivity index (χ0n) is 22.0. The zero-order chi connectivity index (χ0) is 29.2. The highest BCUT2D eigenvalue weighted by Gasteiger charge is 2.27. The van der Waals surface area contributed by atoms with Crippen molar-refractivity contribution in [2.75, 3.05) is 17.5 Å². The molecular weight excluding hydrogens is 612 g/mol. The molecule has 0 aliphatic rings. The van der Waals surface area contributed by atoms with Crippen LogP contribution in [-0.2, 0) is 26.2 Å². The Bertz CT molecular complexity index is 1590. The minimum atomic E-state index is -4.03. The van der Waals surface area contributed by atoms with Gasteiger partial charge in [-0.1, -0.05) is 33.6 Å². The standard InChI is InChI=1S/C29H27BrN4O6S/c1-21-4-14-27(15-5-21)41(37,38)34(24-10-8-23(30)9-11-24)19-28(35)33-32-17-22-6-12-25(13-7-22)40-20-29(36)31-18-26-3-2-16-39-26/h2-17H,18-20H2,1H3,(H,31,36)(H,33,35). The fraction of sp³-hybridized carbons (Fsp3) is 0.138. The minimum absolute atomic E-state index is 0.0691. The fourth-order valence-electron chi connectivity index (χ4n) is 3.55. The summed E-state index contributed by atoms with van der Waals surface area (Å²) in [5.41, 5.74) is 4.27. The van der Waals surface area contributed by atoms with Crippen LogP contribution in [0.25, 0.3) is 0 Å². The maximum absolute atomic E-state index is 13.4. The highest BCUT2D eigenvalue weighted by atomic mass is 79.9. The van der Waals surface area contributed by atoms with Crippen LogP contribution in [0, 0.1) is 6.92 Å². The van der Waals surface area contributed by atoms with Crippen molar-refractivity contribution in [2.24, 2.45) is 5.10 Å². The Labute approximate surface area is 246 Å². The molecule has 3 aromatic carbocycles. The molecule has 10 nitrogen and oxygen atoms in total. The van der Waals surface area contributed by atoms with E-state index in [9.17, 15) is 18.0 Å². The van der Waals surface area contributed by atoms with Crippen molar-refractivity contribution in [1.82, 2.24) is 10.7 Å². The molecule has 0 fully saturated rings. The lowest BCUT2D eigenvalue weighted by molar-refractivity contribution is -0.123. The number of sulfonamides is 1. The Kier molecular flexibility index (Phi) is 9.93. The summed E-state index contributed by atoms with van der Waals surface area (Å²) in [4.78, 5) is 24.8. The van der Waals surface area contributed by atoms with Crippen LogP contribution < -0.4 is 19.8 Å². The van der Waals surface area contributed by atoms with Crippen molar-refractivity contribution in [3.8, 4) is 5.75 Å². The normalized spacial score (nSPS) is 11.3. The van der Waals surface area contributed by atoms with E-state index in [0.717, 1.165) is 14.3 Å². The molecule has 212 valence electrons. The molecule has 0 radical (unpaired) electrons. The summed E-state index contributed by atoms with van der Waals surface area (Å²) < 4.78 is 39.3. The molecular formula is C29H27BrN4O6S. The number of anilines is 1. The van der Waals surface area contributed by atoms with Crippen molar-refractivity contribution in [1.29, 1.82) is 0 Å². The number of ether oxygens (including phenoxy) is 1. The Morgan fingerprint density at radius 1 is 0.976 bits per heavy atom. The Morgan fingerprint density at radius 3 is 2.34 bits per heavy atom. The molecule has 0 saturated heterocycles. The topological polar surface area (TPSA) is 130 Å². The summed E-state index contributed by atoms with van der Waals surface area (Å²) in [7, 11) is -4.03. The first-order valence-electron chi connectivity index (χ1n) is 12.4. The van der Waals surface area contributed by atoms with E-state index >= 15 is 0 Å². The van der Waals surface area contributed by atoms with Gasteiger partial charge in [-0.2, -0.15) is 5.10 Å². The van der Waals surface area contributed by atoms with Gasteiger partial charge in [0.05, 0.1) is 29.6 Å². The number of hydrogen-bond acceptors (Lipinski definition) is 7. The van der Waals surface area contributed by atoms with Crippen LogP contribution in [0.15, 0.2) is 110 Å². The molecule has 0 aliphatic carbocycles.